The van der Waals surface area contributed by atoms with Crippen LogP contribution in [0.5, 0.6) is 0 Å². The molecule has 0 aromatic carbocycles. The molecule has 1 unspecified atom stereocenters. The third kappa shape index (κ3) is 12.1. The fraction of sp³-hybridized carbons (Fsp3) is 1.00. The van der Waals surface area contributed by atoms with Crippen LogP contribution in [0.4, 0.5) is 0 Å². The van der Waals surface area contributed by atoms with E-state index in [2.05, 4.69) is 13.8 Å². The molecule has 0 amide bonds. The lowest BCUT2D eigenvalue weighted by Gasteiger charge is -2.34. The second kappa shape index (κ2) is 17.5. The molecule has 3 fully saturated rings. The van der Waals surface area contributed by atoms with Gasteiger partial charge in [0.05, 0.1) is 0 Å². The number of rotatable bonds is 8. The van der Waals surface area contributed by atoms with Crippen molar-refractivity contribution in [3.8, 4) is 0 Å². The average molecular weight is 419 g/mol. The molecule has 3 aliphatic carbocycles. The first-order valence-electron chi connectivity index (χ1n) is 14.8. The molecule has 0 spiro atoms. The van der Waals surface area contributed by atoms with Gasteiger partial charge >= 0.3 is 0 Å². The molecule has 3 saturated carbocycles. The first-order chi connectivity index (χ1) is 14.8. The highest BCUT2D eigenvalue weighted by Gasteiger charge is 2.26. The molecule has 0 N–H and O–H groups in total. The third-order valence-electron chi connectivity index (χ3n) is 8.75. The van der Waals surface area contributed by atoms with Gasteiger partial charge in [0, 0.05) is 0 Å². The molecule has 3 aliphatic rings. The number of hydrogen-bond donors (Lipinski definition) is 0. The quantitative estimate of drug-likeness (QED) is 0.344. The van der Waals surface area contributed by atoms with Crippen molar-refractivity contribution in [2.45, 2.75) is 168 Å². The molecule has 3 rings (SSSR count). The Morgan fingerprint density at radius 3 is 1.67 bits per heavy atom. The highest BCUT2D eigenvalue weighted by Crippen LogP contribution is 2.39. The summed E-state index contributed by atoms with van der Waals surface area (Å²) in [5, 5.41) is 0. The Balaban J connectivity index is 0.000000269. The van der Waals surface area contributed by atoms with E-state index in [1.165, 1.54) is 116 Å². The standard InChI is InChI=1S/C20H38.C10H20/c1-2-3-4-9-16-20(19-14-10-6-11-15-19)17-18-12-7-5-8-13-18;1-10-8-6-4-2-3-5-7-9-10/h18-20H,2-17H2,1H3;10H,2-9H2,1H3. The number of unbranched alkanes of at least 4 members (excludes halogenated alkanes) is 3. The summed E-state index contributed by atoms with van der Waals surface area (Å²) in [6, 6.07) is 0. The first kappa shape index (κ1) is 26.3. The van der Waals surface area contributed by atoms with E-state index in [-0.39, 0.29) is 0 Å². The van der Waals surface area contributed by atoms with E-state index in [4.69, 9.17) is 0 Å². The Bertz CT molecular complexity index is 350. The summed E-state index contributed by atoms with van der Waals surface area (Å²) < 4.78 is 0. The van der Waals surface area contributed by atoms with Gasteiger partial charge in [0.2, 0.25) is 0 Å². The minimum Gasteiger partial charge on any atom is -0.0654 e. The largest absolute Gasteiger partial charge is 0.0654 e. The predicted molar refractivity (Wildman–Crippen MR) is 136 cm³/mol. The summed E-state index contributed by atoms with van der Waals surface area (Å²) in [6.45, 7) is 4.74. The fourth-order valence-corrected chi connectivity index (χ4v) is 6.67. The maximum atomic E-state index is 2.41. The Morgan fingerprint density at radius 2 is 1.07 bits per heavy atom. The van der Waals surface area contributed by atoms with Crippen molar-refractivity contribution in [3.05, 3.63) is 0 Å². The first-order valence-corrected chi connectivity index (χ1v) is 14.8. The normalized spacial score (nSPS) is 24.2. The molecule has 0 nitrogen and oxygen atoms in total. The van der Waals surface area contributed by atoms with Gasteiger partial charge in [-0.25, -0.2) is 0 Å². The lowest BCUT2D eigenvalue weighted by Crippen LogP contribution is -2.22. The zero-order valence-electron chi connectivity index (χ0n) is 21.3. The lowest BCUT2D eigenvalue weighted by atomic mass is 9.72. The van der Waals surface area contributed by atoms with Gasteiger partial charge in [0.15, 0.2) is 0 Å². The van der Waals surface area contributed by atoms with E-state index in [1.54, 1.807) is 38.5 Å². The van der Waals surface area contributed by atoms with Crippen molar-refractivity contribution in [2.75, 3.05) is 0 Å². The molecule has 0 heteroatoms. The minimum absolute atomic E-state index is 1.01. The Morgan fingerprint density at radius 1 is 0.567 bits per heavy atom. The SMILES string of the molecule is CC1CCCCCCCC1.CCCCCCC(CC1CCCCC1)C1CCCCC1. The van der Waals surface area contributed by atoms with Gasteiger partial charge in [-0.2, -0.15) is 0 Å². The van der Waals surface area contributed by atoms with Crippen molar-refractivity contribution in [1.29, 1.82) is 0 Å². The second-order valence-corrected chi connectivity index (χ2v) is 11.6. The van der Waals surface area contributed by atoms with E-state index >= 15 is 0 Å². The highest BCUT2D eigenvalue weighted by molar-refractivity contribution is 4.78. The van der Waals surface area contributed by atoms with Crippen LogP contribution in [0.25, 0.3) is 0 Å². The van der Waals surface area contributed by atoms with Gasteiger partial charge in [-0.3, -0.25) is 0 Å². The van der Waals surface area contributed by atoms with Crippen LogP contribution in [0.15, 0.2) is 0 Å². The van der Waals surface area contributed by atoms with E-state index in [0.717, 1.165) is 23.7 Å². The van der Waals surface area contributed by atoms with Gasteiger partial charge in [0.1, 0.15) is 0 Å². The van der Waals surface area contributed by atoms with Crippen molar-refractivity contribution >= 4 is 0 Å². The summed E-state index contributed by atoms with van der Waals surface area (Å²) >= 11 is 0. The van der Waals surface area contributed by atoms with Crippen molar-refractivity contribution < 1.29 is 0 Å². The van der Waals surface area contributed by atoms with Gasteiger partial charge in [-0.05, 0) is 30.1 Å². The molecule has 178 valence electrons. The van der Waals surface area contributed by atoms with Gasteiger partial charge in [-0.15, -0.1) is 0 Å². The lowest BCUT2D eigenvalue weighted by molar-refractivity contribution is 0.177. The smallest absolute Gasteiger partial charge is 0.0383 e. The van der Waals surface area contributed by atoms with Gasteiger partial charge < -0.3 is 0 Å². The van der Waals surface area contributed by atoms with Crippen LogP contribution in [-0.4, -0.2) is 0 Å². The van der Waals surface area contributed by atoms with Crippen molar-refractivity contribution in [1.82, 2.24) is 0 Å². The fourth-order valence-electron chi connectivity index (χ4n) is 6.67. The molecular formula is C30H58. The Hall–Kier alpha value is 0. The summed E-state index contributed by atoms with van der Waals surface area (Å²) in [6.07, 6.45) is 36.3. The maximum Gasteiger partial charge on any atom is -0.0383 e. The summed E-state index contributed by atoms with van der Waals surface area (Å²) in [4.78, 5) is 0. The maximum absolute atomic E-state index is 2.41. The summed E-state index contributed by atoms with van der Waals surface area (Å²) in [5.74, 6) is 4.31. The molecule has 0 aliphatic heterocycles. The van der Waals surface area contributed by atoms with Crippen LogP contribution in [-0.2, 0) is 0 Å². The van der Waals surface area contributed by atoms with Crippen LogP contribution in [0.3, 0.4) is 0 Å². The van der Waals surface area contributed by atoms with Crippen LogP contribution in [0.2, 0.25) is 0 Å². The molecule has 0 heterocycles. The monoisotopic (exact) mass is 418 g/mol. The van der Waals surface area contributed by atoms with E-state index in [0.29, 0.717) is 0 Å². The van der Waals surface area contributed by atoms with Crippen LogP contribution in [0, 0.1) is 23.7 Å². The molecule has 0 radical (unpaired) electrons. The van der Waals surface area contributed by atoms with Crippen molar-refractivity contribution in [3.63, 3.8) is 0 Å². The summed E-state index contributed by atoms with van der Waals surface area (Å²) in [5.41, 5.74) is 0. The third-order valence-corrected chi connectivity index (χ3v) is 8.75. The molecule has 1 atom stereocenters. The molecule has 0 saturated heterocycles. The van der Waals surface area contributed by atoms with Crippen LogP contribution >= 0.6 is 0 Å². The minimum atomic E-state index is 1.01. The zero-order chi connectivity index (χ0) is 21.3. The van der Waals surface area contributed by atoms with E-state index < -0.39 is 0 Å². The summed E-state index contributed by atoms with van der Waals surface area (Å²) in [7, 11) is 0. The van der Waals surface area contributed by atoms with E-state index in [1.807, 2.05) is 0 Å². The number of hydrogen-bond acceptors (Lipinski definition) is 0. The molecule has 0 bridgehead atoms. The van der Waals surface area contributed by atoms with Gasteiger partial charge in [-0.1, -0.05) is 162 Å². The van der Waals surface area contributed by atoms with Gasteiger partial charge in [0.25, 0.3) is 0 Å². The molecule has 30 heavy (non-hydrogen) atoms. The van der Waals surface area contributed by atoms with Crippen LogP contribution < -0.4 is 0 Å². The Kier molecular flexibility index (Phi) is 15.4. The topological polar surface area (TPSA) is 0 Å². The second-order valence-electron chi connectivity index (χ2n) is 11.6. The van der Waals surface area contributed by atoms with E-state index in [9.17, 15) is 0 Å². The average Bonchev–Trinajstić information content (AvgIpc) is 2.91. The Labute approximate surface area is 191 Å². The molecule has 0 aromatic heterocycles. The molecule has 0 aromatic rings. The predicted octanol–water partition coefficient (Wildman–Crippen LogP) is 10.9. The highest BCUT2D eigenvalue weighted by atomic mass is 14.3. The zero-order valence-corrected chi connectivity index (χ0v) is 21.3. The van der Waals surface area contributed by atoms with Crippen molar-refractivity contribution in [2.24, 2.45) is 23.7 Å². The molecular weight excluding hydrogens is 360 g/mol. The van der Waals surface area contributed by atoms with Crippen LogP contribution in [0.1, 0.15) is 168 Å².